The first-order valence-electron chi connectivity index (χ1n) is 7.02. The number of benzene rings is 1. The second-order valence-corrected chi connectivity index (χ2v) is 6.20. The van der Waals surface area contributed by atoms with Crippen LogP contribution in [-0.2, 0) is 4.79 Å². The molecule has 1 fully saturated rings. The number of urea groups is 1. The molecule has 1 saturated carbocycles. The number of carboxylic acid groups (broad SMARTS) is 1. The SMILES string of the molecule is Cc1cccc(NC(=O)NCC2CCCC2C(=O)O)c1Br. The van der Waals surface area contributed by atoms with Crippen LogP contribution in [0.3, 0.4) is 0 Å². The van der Waals surface area contributed by atoms with E-state index in [1.54, 1.807) is 0 Å². The monoisotopic (exact) mass is 354 g/mol. The van der Waals surface area contributed by atoms with Gasteiger partial charge in [0.05, 0.1) is 11.6 Å². The Balaban J connectivity index is 1.88. The molecule has 114 valence electrons. The first-order valence-corrected chi connectivity index (χ1v) is 7.81. The molecule has 0 spiro atoms. The predicted molar refractivity (Wildman–Crippen MR) is 84.4 cm³/mol. The topological polar surface area (TPSA) is 78.4 Å². The molecule has 6 heteroatoms. The molecule has 1 aliphatic rings. The maximum absolute atomic E-state index is 11.9. The lowest BCUT2D eigenvalue weighted by Crippen LogP contribution is -2.35. The molecule has 1 aliphatic carbocycles. The van der Waals surface area contributed by atoms with Crippen molar-refractivity contribution in [3.05, 3.63) is 28.2 Å². The van der Waals surface area contributed by atoms with Crippen LogP contribution in [0.5, 0.6) is 0 Å². The molecule has 1 aromatic carbocycles. The van der Waals surface area contributed by atoms with Crippen LogP contribution in [0.15, 0.2) is 22.7 Å². The van der Waals surface area contributed by atoms with E-state index in [2.05, 4.69) is 26.6 Å². The number of halogens is 1. The fourth-order valence-corrected chi connectivity index (χ4v) is 3.10. The first-order chi connectivity index (χ1) is 9.99. The molecule has 5 nitrogen and oxygen atoms in total. The van der Waals surface area contributed by atoms with Crippen molar-refractivity contribution in [2.45, 2.75) is 26.2 Å². The summed E-state index contributed by atoms with van der Waals surface area (Å²) in [6.45, 7) is 2.34. The van der Waals surface area contributed by atoms with E-state index < -0.39 is 5.97 Å². The van der Waals surface area contributed by atoms with Crippen molar-refractivity contribution in [1.82, 2.24) is 5.32 Å². The summed E-state index contributed by atoms with van der Waals surface area (Å²) in [4.78, 5) is 23.0. The van der Waals surface area contributed by atoms with Crippen LogP contribution < -0.4 is 10.6 Å². The fraction of sp³-hybridized carbons (Fsp3) is 0.467. The quantitative estimate of drug-likeness (QED) is 0.775. The Labute approximate surface area is 132 Å². The van der Waals surface area contributed by atoms with Gasteiger partial charge < -0.3 is 15.7 Å². The zero-order valence-corrected chi connectivity index (χ0v) is 13.4. The number of carboxylic acids is 1. The Morgan fingerprint density at radius 2 is 2.14 bits per heavy atom. The van der Waals surface area contributed by atoms with Crippen LogP contribution in [0.1, 0.15) is 24.8 Å². The number of carbonyl (C=O) groups excluding carboxylic acids is 1. The number of carbonyl (C=O) groups is 2. The van der Waals surface area contributed by atoms with Crippen molar-refractivity contribution in [2.24, 2.45) is 11.8 Å². The van der Waals surface area contributed by atoms with Gasteiger partial charge in [0.2, 0.25) is 0 Å². The van der Waals surface area contributed by atoms with Crippen molar-refractivity contribution in [1.29, 1.82) is 0 Å². The smallest absolute Gasteiger partial charge is 0.319 e. The minimum atomic E-state index is -0.763. The van der Waals surface area contributed by atoms with Gasteiger partial charge in [0.1, 0.15) is 0 Å². The van der Waals surface area contributed by atoms with Gasteiger partial charge in [-0.1, -0.05) is 18.6 Å². The van der Waals surface area contributed by atoms with Gasteiger partial charge in [-0.15, -0.1) is 0 Å². The zero-order chi connectivity index (χ0) is 15.4. The van der Waals surface area contributed by atoms with Crippen LogP contribution in [0.2, 0.25) is 0 Å². The number of hydrogen-bond acceptors (Lipinski definition) is 2. The predicted octanol–water partition coefficient (Wildman–Crippen LogP) is 3.38. The highest BCUT2D eigenvalue weighted by Gasteiger charge is 2.32. The summed E-state index contributed by atoms with van der Waals surface area (Å²) in [5.41, 5.74) is 1.74. The molecule has 1 aromatic rings. The van der Waals surface area contributed by atoms with Crippen LogP contribution in [0.25, 0.3) is 0 Å². The van der Waals surface area contributed by atoms with Gasteiger partial charge >= 0.3 is 12.0 Å². The average Bonchev–Trinajstić information content (AvgIpc) is 2.90. The number of amides is 2. The number of aliphatic carboxylic acids is 1. The minimum absolute atomic E-state index is 0.0224. The van der Waals surface area contributed by atoms with Crippen LogP contribution in [-0.4, -0.2) is 23.7 Å². The maximum atomic E-state index is 11.9. The molecule has 2 unspecified atom stereocenters. The van der Waals surface area contributed by atoms with Crippen molar-refractivity contribution < 1.29 is 14.7 Å². The van der Waals surface area contributed by atoms with Gasteiger partial charge in [0.25, 0.3) is 0 Å². The van der Waals surface area contributed by atoms with E-state index in [4.69, 9.17) is 5.11 Å². The summed E-state index contributed by atoms with van der Waals surface area (Å²) < 4.78 is 0.851. The van der Waals surface area contributed by atoms with Crippen LogP contribution in [0.4, 0.5) is 10.5 Å². The Morgan fingerprint density at radius 1 is 1.38 bits per heavy atom. The molecular formula is C15H19BrN2O3. The van der Waals surface area contributed by atoms with Gasteiger partial charge in [0, 0.05) is 11.0 Å². The number of hydrogen-bond donors (Lipinski definition) is 3. The molecular weight excluding hydrogens is 336 g/mol. The summed E-state index contributed by atoms with van der Waals surface area (Å²) in [7, 11) is 0. The fourth-order valence-electron chi connectivity index (χ4n) is 2.74. The van der Waals surface area contributed by atoms with Crippen molar-refractivity contribution in [3.8, 4) is 0 Å². The van der Waals surface area contributed by atoms with Gasteiger partial charge in [-0.2, -0.15) is 0 Å². The maximum Gasteiger partial charge on any atom is 0.319 e. The van der Waals surface area contributed by atoms with Gasteiger partial charge in [-0.05, 0) is 53.2 Å². The number of anilines is 1. The molecule has 2 amide bonds. The average molecular weight is 355 g/mol. The zero-order valence-electron chi connectivity index (χ0n) is 11.9. The second-order valence-electron chi connectivity index (χ2n) is 5.41. The van der Waals surface area contributed by atoms with Gasteiger partial charge in [0.15, 0.2) is 0 Å². The van der Waals surface area contributed by atoms with E-state index in [-0.39, 0.29) is 17.9 Å². The minimum Gasteiger partial charge on any atom is -0.481 e. The normalized spacial score (nSPS) is 21.0. The van der Waals surface area contributed by atoms with E-state index in [1.165, 1.54) is 0 Å². The molecule has 0 saturated heterocycles. The van der Waals surface area contributed by atoms with E-state index in [1.807, 2.05) is 25.1 Å². The van der Waals surface area contributed by atoms with Crippen molar-refractivity contribution >= 4 is 33.6 Å². The van der Waals surface area contributed by atoms with Crippen LogP contribution >= 0.6 is 15.9 Å². The lowest BCUT2D eigenvalue weighted by atomic mass is 9.96. The summed E-state index contributed by atoms with van der Waals surface area (Å²) in [5.74, 6) is -1.08. The van der Waals surface area contributed by atoms with Crippen molar-refractivity contribution in [2.75, 3.05) is 11.9 Å². The molecule has 0 aliphatic heterocycles. The third-order valence-corrected chi connectivity index (χ3v) is 4.99. The molecule has 0 heterocycles. The molecule has 2 rings (SSSR count). The Bertz CT molecular complexity index is 548. The highest BCUT2D eigenvalue weighted by Crippen LogP contribution is 2.31. The van der Waals surface area contributed by atoms with Crippen LogP contribution in [0, 0.1) is 18.8 Å². The van der Waals surface area contributed by atoms with E-state index in [0.29, 0.717) is 18.7 Å². The van der Waals surface area contributed by atoms with E-state index in [9.17, 15) is 9.59 Å². The second kappa shape index (κ2) is 6.93. The highest BCUT2D eigenvalue weighted by atomic mass is 79.9. The largest absolute Gasteiger partial charge is 0.481 e. The third-order valence-electron chi connectivity index (χ3n) is 3.94. The molecule has 3 N–H and O–H groups in total. The standard InChI is InChI=1S/C15H19BrN2O3/c1-9-4-2-7-12(13(9)16)18-15(21)17-8-10-5-3-6-11(10)14(19)20/h2,4,7,10-11H,3,5-6,8H2,1H3,(H,19,20)(H2,17,18,21). The molecule has 0 aromatic heterocycles. The van der Waals surface area contributed by atoms with Crippen molar-refractivity contribution in [3.63, 3.8) is 0 Å². The molecule has 2 atom stereocenters. The third kappa shape index (κ3) is 3.97. The summed E-state index contributed by atoms with van der Waals surface area (Å²) in [6.07, 6.45) is 2.46. The summed E-state index contributed by atoms with van der Waals surface area (Å²) in [5, 5.41) is 14.7. The number of rotatable bonds is 4. The summed E-state index contributed by atoms with van der Waals surface area (Å²) in [6, 6.07) is 5.32. The van der Waals surface area contributed by atoms with E-state index in [0.717, 1.165) is 22.9 Å². The van der Waals surface area contributed by atoms with Gasteiger partial charge in [-0.3, -0.25) is 4.79 Å². The molecule has 0 radical (unpaired) electrons. The van der Waals surface area contributed by atoms with Gasteiger partial charge in [-0.25, -0.2) is 4.79 Å². The number of nitrogens with one attached hydrogen (secondary N) is 2. The molecule has 0 bridgehead atoms. The summed E-state index contributed by atoms with van der Waals surface area (Å²) >= 11 is 3.43. The highest BCUT2D eigenvalue weighted by molar-refractivity contribution is 9.10. The Kier molecular flexibility index (Phi) is 5.22. The Hall–Kier alpha value is -1.56. The lowest BCUT2D eigenvalue weighted by Gasteiger charge is -2.17. The first kappa shape index (κ1) is 15.8. The number of aryl methyl sites for hydroxylation is 1. The van der Waals surface area contributed by atoms with E-state index >= 15 is 0 Å². The molecule has 21 heavy (non-hydrogen) atoms. The lowest BCUT2D eigenvalue weighted by molar-refractivity contribution is -0.142. The Morgan fingerprint density at radius 3 is 2.86 bits per heavy atom.